The van der Waals surface area contributed by atoms with E-state index in [2.05, 4.69) is 25.6 Å². The average Bonchev–Trinajstić information content (AvgIpc) is 3.18. The maximum absolute atomic E-state index is 11.9. The van der Waals surface area contributed by atoms with Crippen LogP contribution in [0.3, 0.4) is 0 Å². The monoisotopic (exact) mass is 410 g/mol. The molecule has 1 aliphatic rings. The fourth-order valence-electron chi connectivity index (χ4n) is 3.42. The van der Waals surface area contributed by atoms with Gasteiger partial charge in [0.2, 0.25) is 5.95 Å². The third-order valence-electron chi connectivity index (χ3n) is 4.90. The Morgan fingerprint density at radius 3 is 2.48 bits per heavy atom. The van der Waals surface area contributed by atoms with Crippen LogP contribution in [0.25, 0.3) is 5.69 Å². The first kappa shape index (κ1) is 19.3. The van der Waals surface area contributed by atoms with Crippen LogP contribution in [0.4, 0.5) is 11.8 Å². The van der Waals surface area contributed by atoms with Gasteiger partial charge in [-0.15, -0.1) is 11.8 Å². The van der Waals surface area contributed by atoms with Crippen molar-refractivity contribution in [1.82, 2.24) is 19.5 Å². The molecule has 8 nitrogen and oxygen atoms in total. The van der Waals surface area contributed by atoms with Gasteiger partial charge in [0, 0.05) is 35.4 Å². The second-order valence-electron chi connectivity index (χ2n) is 6.94. The fourth-order valence-corrected chi connectivity index (χ4v) is 3.74. The van der Waals surface area contributed by atoms with E-state index in [0.717, 1.165) is 30.0 Å². The van der Waals surface area contributed by atoms with Gasteiger partial charge in [-0.05, 0) is 43.7 Å². The van der Waals surface area contributed by atoms with Crippen LogP contribution in [-0.2, 0) is 0 Å². The molecule has 3 N–H and O–H groups in total. The van der Waals surface area contributed by atoms with Crippen LogP contribution in [-0.4, -0.2) is 43.0 Å². The van der Waals surface area contributed by atoms with Crippen LogP contribution in [0, 0.1) is 0 Å². The number of aromatic hydroxyl groups is 1. The van der Waals surface area contributed by atoms with Crippen molar-refractivity contribution in [3.05, 3.63) is 59.4 Å². The van der Waals surface area contributed by atoms with Gasteiger partial charge >= 0.3 is 0 Å². The van der Waals surface area contributed by atoms with Crippen molar-refractivity contribution in [2.45, 2.75) is 36.2 Å². The summed E-state index contributed by atoms with van der Waals surface area (Å²) < 4.78 is 1.37. The molecule has 0 saturated heterocycles. The Balaban J connectivity index is 1.35. The van der Waals surface area contributed by atoms with E-state index in [-0.39, 0.29) is 11.3 Å². The van der Waals surface area contributed by atoms with E-state index in [1.807, 2.05) is 30.8 Å². The van der Waals surface area contributed by atoms with Crippen molar-refractivity contribution in [2.75, 3.05) is 16.9 Å². The fraction of sp³-hybridized carbons (Fsp3) is 0.300. The van der Waals surface area contributed by atoms with Crippen LogP contribution in [0.5, 0.6) is 5.75 Å². The number of thioether (sulfide) groups is 1. The van der Waals surface area contributed by atoms with Gasteiger partial charge in [-0.1, -0.05) is 0 Å². The molecule has 3 heterocycles. The van der Waals surface area contributed by atoms with E-state index in [1.165, 1.54) is 22.9 Å². The predicted molar refractivity (Wildman–Crippen MR) is 114 cm³/mol. The summed E-state index contributed by atoms with van der Waals surface area (Å²) >= 11 is 1.62. The van der Waals surface area contributed by atoms with E-state index in [0.29, 0.717) is 23.7 Å². The van der Waals surface area contributed by atoms with Gasteiger partial charge in [0.05, 0.1) is 18.1 Å². The minimum absolute atomic E-state index is 0.0309. The molecule has 0 spiro atoms. The zero-order valence-electron chi connectivity index (χ0n) is 15.9. The standard InChI is InChI=1S/C20H22N6O2S/c1-29-17-10-22-20(23-11-17)25-14-3-2-13(8-14)24-18-6-4-15(9-21-18)26-12-16(27)5-7-19(26)28/h4-7,9-14,27H,2-3,8H2,1H3,(H,21,24)(H,22,23,25)/t13-,14-/m0/s1. The summed E-state index contributed by atoms with van der Waals surface area (Å²) in [7, 11) is 0. The third kappa shape index (κ3) is 4.68. The normalized spacial score (nSPS) is 18.5. The Bertz CT molecular complexity index is 1020. The van der Waals surface area contributed by atoms with Gasteiger partial charge in [0.15, 0.2) is 0 Å². The van der Waals surface area contributed by atoms with Crippen molar-refractivity contribution in [1.29, 1.82) is 0 Å². The van der Waals surface area contributed by atoms with E-state index >= 15 is 0 Å². The summed E-state index contributed by atoms with van der Waals surface area (Å²) in [6.07, 6.45) is 11.7. The molecular weight excluding hydrogens is 388 g/mol. The summed E-state index contributed by atoms with van der Waals surface area (Å²) in [5, 5.41) is 16.4. The van der Waals surface area contributed by atoms with Gasteiger partial charge < -0.3 is 15.7 Å². The van der Waals surface area contributed by atoms with Gasteiger partial charge in [-0.2, -0.15) is 0 Å². The first-order chi connectivity index (χ1) is 14.1. The molecule has 150 valence electrons. The highest BCUT2D eigenvalue weighted by Crippen LogP contribution is 2.25. The maximum Gasteiger partial charge on any atom is 0.255 e. The van der Waals surface area contributed by atoms with Gasteiger partial charge in [-0.25, -0.2) is 15.0 Å². The zero-order valence-corrected chi connectivity index (χ0v) is 16.8. The van der Waals surface area contributed by atoms with Gasteiger partial charge in [0.1, 0.15) is 11.6 Å². The predicted octanol–water partition coefficient (Wildman–Crippen LogP) is 2.90. The largest absolute Gasteiger partial charge is 0.506 e. The lowest BCUT2D eigenvalue weighted by Gasteiger charge is -2.15. The molecule has 9 heteroatoms. The summed E-state index contributed by atoms with van der Waals surface area (Å²) in [6, 6.07) is 6.97. The second-order valence-corrected chi connectivity index (χ2v) is 7.82. The molecule has 3 aromatic heterocycles. The molecule has 0 amide bonds. The molecule has 0 bridgehead atoms. The van der Waals surface area contributed by atoms with Crippen molar-refractivity contribution >= 4 is 23.5 Å². The number of nitrogens with zero attached hydrogens (tertiary/aromatic N) is 4. The highest BCUT2D eigenvalue weighted by atomic mass is 32.2. The van der Waals surface area contributed by atoms with Crippen LogP contribution in [0.1, 0.15) is 19.3 Å². The summed E-state index contributed by atoms with van der Waals surface area (Å²) in [6.45, 7) is 0. The minimum Gasteiger partial charge on any atom is -0.506 e. The summed E-state index contributed by atoms with van der Waals surface area (Å²) in [4.78, 5) is 26.1. The van der Waals surface area contributed by atoms with Gasteiger partial charge in [-0.3, -0.25) is 9.36 Å². The summed E-state index contributed by atoms with van der Waals surface area (Å²) in [5.41, 5.74) is 0.385. The lowest BCUT2D eigenvalue weighted by Crippen LogP contribution is -2.22. The molecule has 4 rings (SSSR count). The SMILES string of the molecule is CSc1cnc(N[C@H]2CC[C@H](Nc3ccc(-n4cc(O)ccc4=O)cn3)C2)nc1. The Morgan fingerprint density at radius 1 is 1.03 bits per heavy atom. The Morgan fingerprint density at radius 2 is 1.79 bits per heavy atom. The third-order valence-corrected chi connectivity index (χ3v) is 5.59. The minimum atomic E-state index is -0.220. The summed E-state index contributed by atoms with van der Waals surface area (Å²) in [5.74, 6) is 1.45. The van der Waals surface area contributed by atoms with E-state index < -0.39 is 0 Å². The Kier molecular flexibility index (Phi) is 5.66. The molecular formula is C20H22N6O2S. The number of rotatable bonds is 6. The van der Waals surface area contributed by atoms with Crippen molar-refractivity contribution in [3.63, 3.8) is 0 Å². The quantitative estimate of drug-likeness (QED) is 0.533. The van der Waals surface area contributed by atoms with Crippen LogP contribution >= 0.6 is 11.8 Å². The Labute approximate surface area is 172 Å². The van der Waals surface area contributed by atoms with E-state index in [4.69, 9.17) is 0 Å². The average molecular weight is 411 g/mol. The second kappa shape index (κ2) is 8.52. The Hall–Kier alpha value is -3.07. The van der Waals surface area contributed by atoms with Crippen LogP contribution in [0.2, 0.25) is 0 Å². The molecule has 2 atom stereocenters. The van der Waals surface area contributed by atoms with E-state index in [9.17, 15) is 9.90 Å². The lowest BCUT2D eigenvalue weighted by atomic mass is 10.2. The number of anilines is 2. The molecule has 3 aromatic rings. The van der Waals surface area contributed by atoms with Crippen molar-refractivity contribution < 1.29 is 5.11 Å². The number of hydrogen-bond acceptors (Lipinski definition) is 8. The van der Waals surface area contributed by atoms with Crippen LogP contribution in [0.15, 0.2) is 58.7 Å². The topological polar surface area (TPSA) is 105 Å². The number of hydrogen-bond donors (Lipinski definition) is 3. The molecule has 1 fully saturated rings. The zero-order chi connectivity index (χ0) is 20.2. The van der Waals surface area contributed by atoms with Crippen molar-refractivity contribution in [2.24, 2.45) is 0 Å². The smallest absolute Gasteiger partial charge is 0.255 e. The highest BCUT2D eigenvalue weighted by molar-refractivity contribution is 7.98. The molecule has 0 aliphatic heterocycles. The van der Waals surface area contributed by atoms with E-state index in [1.54, 1.807) is 18.0 Å². The highest BCUT2D eigenvalue weighted by Gasteiger charge is 2.25. The molecule has 0 unspecified atom stereocenters. The van der Waals surface area contributed by atoms with Crippen LogP contribution < -0.4 is 16.2 Å². The number of nitrogens with one attached hydrogen (secondary N) is 2. The van der Waals surface area contributed by atoms with Gasteiger partial charge in [0.25, 0.3) is 5.56 Å². The molecule has 0 radical (unpaired) electrons. The first-order valence-electron chi connectivity index (χ1n) is 9.38. The number of aromatic nitrogens is 4. The maximum atomic E-state index is 11.9. The lowest BCUT2D eigenvalue weighted by molar-refractivity contribution is 0.470. The number of pyridine rings is 2. The first-order valence-corrected chi connectivity index (χ1v) is 10.6. The van der Waals surface area contributed by atoms with Crippen molar-refractivity contribution in [3.8, 4) is 11.4 Å². The molecule has 29 heavy (non-hydrogen) atoms. The molecule has 1 aliphatic carbocycles. The molecule has 1 saturated carbocycles. The molecule has 0 aromatic carbocycles.